The molecule has 0 fully saturated rings. The Morgan fingerprint density at radius 3 is 2.63 bits per heavy atom. The lowest BCUT2D eigenvalue weighted by atomic mass is 10.0. The van der Waals surface area contributed by atoms with E-state index in [1.54, 1.807) is 35.5 Å². The summed E-state index contributed by atoms with van der Waals surface area (Å²) in [5.41, 5.74) is 4.32. The van der Waals surface area contributed by atoms with Crippen molar-refractivity contribution in [3.63, 3.8) is 0 Å². The van der Waals surface area contributed by atoms with E-state index in [0.29, 0.717) is 22.3 Å². The number of anilines is 1. The molecule has 0 spiro atoms. The molecule has 136 valence electrons. The van der Waals surface area contributed by atoms with Crippen LogP contribution in [0.25, 0.3) is 11.1 Å². The predicted molar refractivity (Wildman–Crippen MR) is 108 cm³/mol. The molecule has 0 bridgehead atoms. The van der Waals surface area contributed by atoms with Crippen LogP contribution in [0.1, 0.15) is 5.56 Å². The van der Waals surface area contributed by atoms with Crippen LogP contribution in [0.4, 0.5) is 5.69 Å². The molecule has 4 nitrogen and oxygen atoms in total. The topological polar surface area (TPSA) is 42.4 Å². The summed E-state index contributed by atoms with van der Waals surface area (Å²) in [7, 11) is 0. The normalized spacial score (nSPS) is 12.7. The summed E-state index contributed by atoms with van der Waals surface area (Å²) in [4.78, 5) is 18.4. The quantitative estimate of drug-likeness (QED) is 0.619. The minimum atomic E-state index is -0.101. The molecule has 3 aromatic rings. The van der Waals surface area contributed by atoms with E-state index < -0.39 is 0 Å². The molecule has 0 atom stereocenters. The number of hydrogen-bond donors (Lipinski definition) is 0. The van der Waals surface area contributed by atoms with Gasteiger partial charge in [-0.25, -0.2) is 0 Å². The van der Waals surface area contributed by atoms with Crippen LogP contribution in [0.5, 0.6) is 5.75 Å². The van der Waals surface area contributed by atoms with Gasteiger partial charge in [-0.2, -0.15) is 0 Å². The monoisotopic (exact) mass is 398 g/mol. The fourth-order valence-electron chi connectivity index (χ4n) is 3.19. The molecule has 2 aromatic carbocycles. The molecule has 0 saturated heterocycles. The summed E-state index contributed by atoms with van der Waals surface area (Å²) >= 11 is 12.0. The SMILES string of the molecule is O=C(COc1ccc(Cl)cc1Cl)N1CCc2cc(-c3ccncc3)ccc21. The van der Waals surface area contributed by atoms with Crippen molar-refractivity contribution in [2.75, 3.05) is 18.1 Å². The summed E-state index contributed by atoms with van der Waals surface area (Å²) < 4.78 is 5.59. The number of ether oxygens (including phenoxy) is 1. The average molecular weight is 399 g/mol. The number of carbonyl (C=O) groups is 1. The smallest absolute Gasteiger partial charge is 0.264 e. The van der Waals surface area contributed by atoms with Gasteiger partial charge in [0.05, 0.1) is 5.02 Å². The average Bonchev–Trinajstić information content (AvgIpc) is 3.11. The fourth-order valence-corrected chi connectivity index (χ4v) is 3.66. The highest BCUT2D eigenvalue weighted by molar-refractivity contribution is 6.35. The number of rotatable bonds is 4. The zero-order valence-corrected chi connectivity index (χ0v) is 15.9. The molecule has 0 radical (unpaired) electrons. The summed E-state index contributed by atoms with van der Waals surface area (Å²) in [6.45, 7) is 0.568. The zero-order valence-electron chi connectivity index (χ0n) is 14.4. The van der Waals surface area contributed by atoms with Crippen molar-refractivity contribution in [3.8, 4) is 16.9 Å². The third-order valence-corrected chi connectivity index (χ3v) is 5.07. The second-order valence-electron chi connectivity index (χ2n) is 6.24. The number of nitrogens with zero attached hydrogens (tertiary/aromatic N) is 2. The standard InChI is InChI=1S/C21H16Cl2N2O2/c22-17-2-4-20(18(23)12-17)27-13-21(26)25-10-7-16-11-15(1-3-19(16)25)14-5-8-24-9-6-14/h1-6,8-9,11-12H,7,10,13H2. The Balaban J connectivity index is 1.48. The van der Waals surface area contributed by atoms with Gasteiger partial charge in [0.15, 0.2) is 6.61 Å². The zero-order chi connectivity index (χ0) is 18.8. The Kier molecular flexibility index (Phi) is 5.01. The van der Waals surface area contributed by atoms with Crippen LogP contribution in [0.15, 0.2) is 60.9 Å². The van der Waals surface area contributed by atoms with Crippen LogP contribution in [0.3, 0.4) is 0 Å². The number of benzene rings is 2. The molecule has 0 N–H and O–H groups in total. The summed E-state index contributed by atoms with van der Waals surface area (Å²) in [6.07, 6.45) is 4.37. The van der Waals surface area contributed by atoms with E-state index in [9.17, 15) is 4.79 Å². The highest BCUT2D eigenvalue weighted by Gasteiger charge is 2.25. The third kappa shape index (κ3) is 3.77. The van der Waals surface area contributed by atoms with Crippen molar-refractivity contribution in [1.29, 1.82) is 0 Å². The first-order valence-corrected chi connectivity index (χ1v) is 9.29. The number of pyridine rings is 1. The Hall–Kier alpha value is -2.56. The molecular formula is C21H16Cl2N2O2. The van der Waals surface area contributed by atoms with Gasteiger partial charge in [-0.05, 0) is 65.6 Å². The lowest BCUT2D eigenvalue weighted by Crippen LogP contribution is -2.33. The molecule has 4 rings (SSSR count). The molecule has 1 aromatic heterocycles. The number of hydrogen-bond acceptors (Lipinski definition) is 3. The number of aromatic nitrogens is 1. The van der Waals surface area contributed by atoms with Gasteiger partial charge in [-0.1, -0.05) is 29.3 Å². The second kappa shape index (κ2) is 7.59. The lowest BCUT2D eigenvalue weighted by Gasteiger charge is -2.18. The van der Waals surface area contributed by atoms with E-state index in [2.05, 4.69) is 11.1 Å². The molecule has 27 heavy (non-hydrogen) atoms. The van der Waals surface area contributed by atoms with Gasteiger partial charge in [0.25, 0.3) is 5.91 Å². The maximum atomic E-state index is 12.6. The Morgan fingerprint density at radius 1 is 1.04 bits per heavy atom. The van der Waals surface area contributed by atoms with Crippen LogP contribution in [-0.4, -0.2) is 24.0 Å². The van der Waals surface area contributed by atoms with Crippen LogP contribution in [0.2, 0.25) is 10.0 Å². The Bertz CT molecular complexity index is 993. The van der Waals surface area contributed by atoms with Crippen LogP contribution >= 0.6 is 23.2 Å². The number of halogens is 2. The van der Waals surface area contributed by atoms with E-state index >= 15 is 0 Å². The summed E-state index contributed by atoms with van der Waals surface area (Å²) in [6, 6.07) is 15.0. The lowest BCUT2D eigenvalue weighted by molar-refractivity contribution is -0.120. The molecule has 1 aliphatic rings. The molecule has 1 aliphatic heterocycles. The molecule has 6 heteroatoms. The van der Waals surface area contributed by atoms with E-state index in [0.717, 1.165) is 28.8 Å². The van der Waals surface area contributed by atoms with Crippen molar-refractivity contribution < 1.29 is 9.53 Å². The molecule has 2 heterocycles. The van der Waals surface area contributed by atoms with Crippen molar-refractivity contribution in [3.05, 3.63) is 76.5 Å². The molecule has 0 unspecified atom stereocenters. The second-order valence-corrected chi connectivity index (χ2v) is 7.08. The first-order valence-electron chi connectivity index (χ1n) is 8.53. The number of carbonyl (C=O) groups excluding carboxylic acids is 1. The van der Waals surface area contributed by atoms with Crippen molar-refractivity contribution in [2.45, 2.75) is 6.42 Å². The highest BCUT2D eigenvalue weighted by Crippen LogP contribution is 2.33. The van der Waals surface area contributed by atoms with Gasteiger partial charge in [0.1, 0.15) is 5.75 Å². The summed E-state index contributed by atoms with van der Waals surface area (Å²) in [5, 5.41) is 0.913. The van der Waals surface area contributed by atoms with Crippen molar-refractivity contribution in [2.24, 2.45) is 0 Å². The Morgan fingerprint density at radius 2 is 1.85 bits per heavy atom. The number of fused-ring (bicyclic) bond motifs is 1. The maximum absolute atomic E-state index is 12.6. The van der Waals surface area contributed by atoms with E-state index in [1.807, 2.05) is 24.3 Å². The fraction of sp³-hybridized carbons (Fsp3) is 0.143. The maximum Gasteiger partial charge on any atom is 0.264 e. The molecule has 0 aliphatic carbocycles. The van der Waals surface area contributed by atoms with E-state index in [4.69, 9.17) is 27.9 Å². The highest BCUT2D eigenvalue weighted by atomic mass is 35.5. The van der Waals surface area contributed by atoms with Gasteiger partial charge in [-0.3, -0.25) is 9.78 Å². The van der Waals surface area contributed by atoms with Crippen molar-refractivity contribution >= 4 is 34.8 Å². The molecule has 0 saturated carbocycles. The van der Waals surface area contributed by atoms with Gasteiger partial charge in [-0.15, -0.1) is 0 Å². The van der Waals surface area contributed by atoms with Gasteiger partial charge < -0.3 is 9.64 Å². The first-order chi connectivity index (χ1) is 13.1. The predicted octanol–water partition coefficient (Wildman–Crippen LogP) is 5.02. The minimum Gasteiger partial charge on any atom is -0.482 e. The van der Waals surface area contributed by atoms with Crippen LogP contribution < -0.4 is 9.64 Å². The van der Waals surface area contributed by atoms with Gasteiger partial charge in [0, 0.05) is 29.6 Å². The van der Waals surface area contributed by atoms with Crippen LogP contribution in [0, 0.1) is 0 Å². The molecule has 1 amide bonds. The Labute approximate surface area is 167 Å². The van der Waals surface area contributed by atoms with E-state index in [1.165, 1.54) is 0 Å². The first kappa shape index (κ1) is 17.8. The van der Waals surface area contributed by atoms with Gasteiger partial charge >= 0.3 is 0 Å². The largest absolute Gasteiger partial charge is 0.482 e. The van der Waals surface area contributed by atoms with Crippen molar-refractivity contribution in [1.82, 2.24) is 4.98 Å². The molecular weight excluding hydrogens is 383 g/mol. The summed E-state index contributed by atoms with van der Waals surface area (Å²) in [5.74, 6) is 0.346. The van der Waals surface area contributed by atoms with Crippen LogP contribution in [-0.2, 0) is 11.2 Å². The number of amides is 1. The minimum absolute atomic E-state index is 0.0765. The van der Waals surface area contributed by atoms with Gasteiger partial charge in [0.2, 0.25) is 0 Å². The van der Waals surface area contributed by atoms with E-state index in [-0.39, 0.29) is 12.5 Å². The third-order valence-electron chi connectivity index (χ3n) is 4.53.